The van der Waals surface area contributed by atoms with Crippen molar-refractivity contribution in [2.24, 2.45) is 0 Å². The Labute approximate surface area is 180 Å². The number of amides is 2. The number of anilines is 1. The molecule has 0 bridgehead atoms. The van der Waals surface area contributed by atoms with E-state index >= 15 is 0 Å². The van der Waals surface area contributed by atoms with Crippen LogP contribution in [0.15, 0.2) is 48.5 Å². The Morgan fingerprint density at radius 1 is 1.06 bits per heavy atom. The van der Waals surface area contributed by atoms with Gasteiger partial charge in [0, 0.05) is 24.3 Å². The van der Waals surface area contributed by atoms with Gasteiger partial charge in [-0.05, 0) is 50.2 Å². The van der Waals surface area contributed by atoms with Gasteiger partial charge in [0.15, 0.2) is 11.4 Å². The minimum Gasteiger partial charge on any atom is -0.339 e. The molecule has 0 fully saturated rings. The number of aromatic nitrogens is 3. The fraction of sp³-hybridized carbons (Fsp3) is 0.238. The number of carbonyl (C=O) groups excluding carboxylic acids is 2. The van der Waals surface area contributed by atoms with Crippen LogP contribution in [-0.4, -0.2) is 44.8 Å². The topological polar surface area (TPSA) is 80.1 Å². The molecule has 2 aromatic carbocycles. The number of benzene rings is 2. The van der Waals surface area contributed by atoms with Crippen LogP contribution in [0.3, 0.4) is 0 Å². The van der Waals surface area contributed by atoms with Crippen molar-refractivity contribution in [1.29, 1.82) is 0 Å². The van der Waals surface area contributed by atoms with Crippen molar-refractivity contribution in [2.75, 3.05) is 18.4 Å². The summed E-state index contributed by atoms with van der Waals surface area (Å²) in [6, 6.07) is 10.2. The van der Waals surface area contributed by atoms with Gasteiger partial charge < -0.3 is 10.2 Å². The van der Waals surface area contributed by atoms with Crippen LogP contribution in [0.1, 0.15) is 40.4 Å². The first kappa shape index (κ1) is 22.9. The highest BCUT2D eigenvalue weighted by Gasteiger charge is 2.42. The maximum Gasteiger partial charge on any atom is 0.435 e. The minimum absolute atomic E-state index is 0.112. The predicted molar refractivity (Wildman–Crippen MR) is 108 cm³/mol. The van der Waals surface area contributed by atoms with Crippen LogP contribution in [0.4, 0.5) is 23.2 Å². The van der Waals surface area contributed by atoms with Crippen LogP contribution in [0.2, 0.25) is 0 Å². The monoisotopic (exact) mass is 449 g/mol. The molecule has 0 unspecified atom stereocenters. The highest BCUT2D eigenvalue weighted by molar-refractivity contribution is 6.04. The fourth-order valence-electron chi connectivity index (χ4n) is 3.09. The molecule has 1 aromatic heterocycles. The standard InChI is InChI=1S/C21H19F4N5O2/c1-3-29(4-2)20(32)13-7-5-9-15(11-13)26-19(31)17-18(21(23,24)25)30(28-27-17)16-10-6-8-14(22)12-16/h5-12H,3-4H2,1-2H3,(H,26,31). The van der Waals surface area contributed by atoms with E-state index in [1.54, 1.807) is 4.90 Å². The van der Waals surface area contributed by atoms with Crippen LogP contribution in [0.5, 0.6) is 0 Å². The Hall–Kier alpha value is -3.76. The average Bonchev–Trinajstić information content (AvgIpc) is 3.21. The van der Waals surface area contributed by atoms with Gasteiger partial charge in [-0.3, -0.25) is 9.59 Å². The molecule has 0 aliphatic heterocycles. The van der Waals surface area contributed by atoms with Gasteiger partial charge in [-0.1, -0.05) is 17.3 Å². The van der Waals surface area contributed by atoms with Gasteiger partial charge in [-0.2, -0.15) is 13.2 Å². The van der Waals surface area contributed by atoms with Crippen LogP contribution in [-0.2, 0) is 6.18 Å². The molecule has 3 rings (SSSR count). The molecule has 0 aliphatic rings. The molecular formula is C21H19F4N5O2. The second kappa shape index (κ2) is 9.16. The van der Waals surface area contributed by atoms with E-state index in [0.29, 0.717) is 17.8 Å². The molecule has 0 spiro atoms. The first-order valence-corrected chi connectivity index (χ1v) is 9.65. The zero-order valence-electron chi connectivity index (χ0n) is 17.2. The second-order valence-corrected chi connectivity index (χ2v) is 6.69. The van der Waals surface area contributed by atoms with Gasteiger partial charge in [0.1, 0.15) is 5.82 Å². The summed E-state index contributed by atoms with van der Waals surface area (Å²) in [4.78, 5) is 26.7. The summed E-state index contributed by atoms with van der Waals surface area (Å²) in [7, 11) is 0. The number of nitrogens with zero attached hydrogens (tertiary/aromatic N) is 4. The van der Waals surface area contributed by atoms with Crippen molar-refractivity contribution >= 4 is 17.5 Å². The van der Waals surface area contributed by atoms with Gasteiger partial charge >= 0.3 is 6.18 Å². The lowest BCUT2D eigenvalue weighted by atomic mass is 10.1. The Morgan fingerprint density at radius 3 is 2.38 bits per heavy atom. The lowest BCUT2D eigenvalue weighted by Crippen LogP contribution is -2.30. The maximum absolute atomic E-state index is 13.7. The molecule has 2 amide bonds. The Kier molecular flexibility index (Phi) is 6.56. The first-order valence-electron chi connectivity index (χ1n) is 9.65. The SMILES string of the molecule is CCN(CC)C(=O)c1cccc(NC(=O)c2nnn(-c3cccc(F)c3)c2C(F)(F)F)c1. The van der Waals surface area contributed by atoms with Crippen LogP contribution in [0.25, 0.3) is 5.69 Å². The van der Waals surface area contributed by atoms with Crippen molar-refractivity contribution in [3.8, 4) is 5.69 Å². The average molecular weight is 449 g/mol. The molecule has 32 heavy (non-hydrogen) atoms. The highest BCUT2D eigenvalue weighted by atomic mass is 19.4. The molecule has 168 valence electrons. The largest absolute Gasteiger partial charge is 0.435 e. The molecule has 0 atom stereocenters. The lowest BCUT2D eigenvalue weighted by Gasteiger charge is -2.19. The summed E-state index contributed by atoms with van der Waals surface area (Å²) < 4.78 is 55.1. The van der Waals surface area contributed by atoms with Crippen LogP contribution in [0, 0.1) is 5.82 Å². The van der Waals surface area contributed by atoms with E-state index in [9.17, 15) is 27.2 Å². The molecule has 3 aromatic rings. The highest BCUT2D eigenvalue weighted by Crippen LogP contribution is 2.33. The zero-order valence-corrected chi connectivity index (χ0v) is 17.2. The van der Waals surface area contributed by atoms with Gasteiger partial charge in [0.25, 0.3) is 11.8 Å². The van der Waals surface area contributed by atoms with E-state index in [1.807, 2.05) is 13.8 Å². The summed E-state index contributed by atoms with van der Waals surface area (Å²) in [5, 5.41) is 9.10. The summed E-state index contributed by atoms with van der Waals surface area (Å²) in [6.07, 6.45) is -5.00. The number of hydrogen-bond acceptors (Lipinski definition) is 4. The van der Waals surface area contributed by atoms with Gasteiger partial charge in [0.05, 0.1) is 5.69 Å². The van der Waals surface area contributed by atoms with Crippen molar-refractivity contribution in [1.82, 2.24) is 19.9 Å². The summed E-state index contributed by atoms with van der Waals surface area (Å²) in [6.45, 7) is 4.58. The second-order valence-electron chi connectivity index (χ2n) is 6.69. The summed E-state index contributed by atoms with van der Waals surface area (Å²) in [5.74, 6) is -2.22. The smallest absolute Gasteiger partial charge is 0.339 e. The Balaban J connectivity index is 1.94. The molecule has 1 heterocycles. The van der Waals surface area contributed by atoms with E-state index < -0.39 is 29.3 Å². The Bertz CT molecular complexity index is 1140. The van der Waals surface area contributed by atoms with E-state index in [2.05, 4.69) is 15.6 Å². The molecule has 0 saturated carbocycles. The number of nitrogens with one attached hydrogen (secondary N) is 1. The maximum atomic E-state index is 13.7. The molecule has 1 N–H and O–H groups in total. The van der Waals surface area contributed by atoms with E-state index in [4.69, 9.17) is 0 Å². The van der Waals surface area contributed by atoms with Crippen molar-refractivity contribution in [3.63, 3.8) is 0 Å². The fourth-order valence-corrected chi connectivity index (χ4v) is 3.09. The normalized spacial score (nSPS) is 11.3. The predicted octanol–water partition coefficient (Wildman–Crippen LogP) is 4.16. The molecule has 7 nitrogen and oxygen atoms in total. The molecule has 0 radical (unpaired) electrons. The van der Waals surface area contributed by atoms with Gasteiger partial charge in [-0.25, -0.2) is 9.07 Å². The first-order chi connectivity index (χ1) is 15.2. The number of hydrogen-bond donors (Lipinski definition) is 1. The molecule has 11 heteroatoms. The minimum atomic E-state index is -5.00. The third kappa shape index (κ3) is 4.76. The van der Waals surface area contributed by atoms with Crippen molar-refractivity contribution in [3.05, 3.63) is 71.3 Å². The van der Waals surface area contributed by atoms with E-state index in [-0.39, 0.29) is 22.8 Å². The Morgan fingerprint density at radius 2 is 1.75 bits per heavy atom. The summed E-state index contributed by atoms with van der Waals surface area (Å²) in [5.41, 5.74) is -2.29. The zero-order chi connectivity index (χ0) is 23.5. The van der Waals surface area contributed by atoms with Crippen molar-refractivity contribution < 1.29 is 27.2 Å². The number of carbonyl (C=O) groups is 2. The number of halogens is 4. The number of rotatable bonds is 6. The van der Waals surface area contributed by atoms with Crippen LogP contribution >= 0.6 is 0 Å². The lowest BCUT2D eigenvalue weighted by molar-refractivity contribution is -0.143. The quantitative estimate of drug-likeness (QED) is 0.573. The molecule has 0 saturated heterocycles. The molecule has 0 aliphatic carbocycles. The van der Waals surface area contributed by atoms with Gasteiger partial charge in [-0.15, -0.1) is 5.10 Å². The third-order valence-electron chi connectivity index (χ3n) is 4.62. The molecular weight excluding hydrogens is 430 g/mol. The van der Waals surface area contributed by atoms with Crippen LogP contribution < -0.4 is 5.32 Å². The van der Waals surface area contributed by atoms with Crippen molar-refractivity contribution in [2.45, 2.75) is 20.0 Å². The number of alkyl halides is 3. The van der Waals surface area contributed by atoms with E-state index in [1.165, 1.54) is 36.4 Å². The summed E-state index contributed by atoms with van der Waals surface area (Å²) >= 11 is 0. The third-order valence-corrected chi connectivity index (χ3v) is 4.62. The van der Waals surface area contributed by atoms with E-state index in [0.717, 1.165) is 12.1 Å². The van der Waals surface area contributed by atoms with Gasteiger partial charge in [0.2, 0.25) is 0 Å².